The molecule has 2 rings (SSSR count). The number of hydrogen-bond donors (Lipinski definition) is 1. The van der Waals surface area contributed by atoms with E-state index < -0.39 is 12.6 Å². The molecule has 0 aromatic heterocycles. The topological polar surface area (TPSA) is 47.9 Å². The summed E-state index contributed by atoms with van der Waals surface area (Å²) in [5, 5.41) is 9.73. The number of hydrogen-bond acceptors (Lipinski definition) is 4. The van der Waals surface area contributed by atoms with Crippen molar-refractivity contribution in [3.63, 3.8) is 0 Å². The molecule has 0 heterocycles. The smallest absolute Gasteiger partial charge is 0.264 e. The largest absolute Gasteiger partial charge is 0.451 e. The molecule has 0 spiro atoms. The number of aliphatic hydroxyl groups excluding tert-OH is 1. The van der Waals surface area contributed by atoms with Crippen LogP contribution < -0.4 is 9.47 Å². The van der Waals surface area contributed by atoms with E-state index in [-0.39, 0.29) is 58.3 Å². The summed E-state index contributed by atoms with van der Waals surface area (Å²) in [4.78, 5) is 0. The molecule has 0 saturated carbocycles. The van der Waals surface area contributed by atoms with Crippen LogP contribution in [0.4, 0.5) is 0 Å². The molecule has 4 nitrogen and oxygen atoms in total. The van der Waals surface area contributed by atoms with Crippen molar-refractivity contribution in [3.05, 3.63) is 52.3 Å². The standard InChI is InChI=1S/C16H10Cl8O4/c1-5(25)26-4-10(27-8-2-6(17)11(19)15(23)13(8)21)28-9-3-7(18)12(20)16(24)14(9)22/h2-3,5,10,25H,4H2,1H3. The quantitative estimate of drug-likeness (QED) is 0.216. The van der Waals surface area contributed by atoms with Gasteiger partial charge in [-0.15, -0.1) is 0 Å². The zero-order valence-corrected chi connectivity index (χ0v) is 19.8. The number of aliphatic hydroxyl groups is 1. The minimum Gasteiger partial charge on any atom is -0.451 e. The molecule has 0 fully saturated rings. The molecule has 28 heavy (non-hydrogen) atoms. The summed E-state index contributed by atoms with van der Waals surface area (Å²) < 4.78 is 16.5. The predicted molar refractivity (Wildman–Crippen MR) is 116 cm³/mol. The van der Waals surface area contributed by atoms with Crippen LogP contribution >= 0.6 is 92.8 Å². The second kappa shape index (κ2) is 10.5. The lowest BCUT2D eigenvalue weighted by atomic mass is 10.3. The van der Waals surface area contributed by atoms with Crippen molar-refractivity contribution in [2.24, 2.45) is 0 Å². The lowest BCUT2D eigenvalue weighted by Crippen LogP contribution is -2.31. The van der Waals surface area contributed by atoms with Gasteiger partial charge in [0.25, 0.3) is 6.29 Å². The highest BCUT2D eigenvalue weighted by molar-refractivity contribution is 6.53. The van der Waals surface area contributed by atoms with E-state index >= 15 is 0 Å². The van der Waals surface area contributed by atoms with Crippen molar-refractivity contribution in [2.45, 2.75) is 19.5 Å². The molecule has 0 radical (unpaired) electrons. The zero-order chi connectivity index (χ0) is 21.2. The highest BCUT2D eigenvalue weighted by atomic mass is 35.5. The maximum atomic E-state index is 9.39. The van der Waals surface area contributed by atoms with Crippen molar-refractivity contribution in [1.29, 1.82) is 0 Å². The maximum absolute atomic E-state index is 9.39. The Morgan fingerprint density at radius 3 is 1.46 bits per heavy atom. The van der Waals surface area contributed by atoms with E-state index in [1.54, 1.807) is 0 Å². The van der Waals surface area contributed by atoms with Gasteiger partial charge >= 0.3 is 0 Å². The summed E-state index contributed by atoms with van der Waals surface area (Å²) in [6.07, 6.45) is -2.26. The fourth-order valence-electron chi connectivity index (χ4n) is 1.87. The third-order valence-electron chi connectivity index (χ3n) is 3.13. The second-order valence-electron chi connectivity index (χ2n) is 5.19. The van der Waals surface area contributed by atoms with Gasteiger partial charge in [-0.1, -0.05) is 92.8 Å². The number of benzene rings is 2. The molecule has 0 aliphatic carbocycles. The van der Waals surface area contributed by atoms with Crippen LogP contribution in [0, 0.1) is 0 Å². The normalized spacial score (nSPS) is 12.4. The summed E-state index contributed by atoms with van der Waals surface area (Å²) in [7, 11) is 0. The molecule has 12 heteroatoms. The van der Waals surface area contributed by atoms with E-state index in [9.17, 15) is 5.11 Å². The Kier molecular flexibility index (Phi) is 9.24. The fraction of sp³-hybridized carbons (Fsp3) is 0.250. The Labute approximate surface area is 201 Å². The van der Waals surface area contributed by atoms with Gasteiger partial charge < -0.3 is 19.3 Å². The number of halogens is 8. The second-order valence-corrected chi connectivity index (χ2v) is 8.28. The molecule has 0 aliphatic rings. The molecule has 1 atom stereocenters. The number of rotatable bonds is 7. The predicted octanol–water partition coefficient (Wildman–Crippen LogP) is 8.05. The lowest BCUT2D eigenvalue weighted by molar-refractivity contribution is -0.140. The van der Waals surface area contributed by atoms with Crippen molar-refractivity contribution in [1.82, 2.24) is 0 Å². The molecule has 0 bridgehead atoms. The summed E-state index contributed by atoms with van der Waals surface area (Å²) in [6.45, 7) is 1.17. The van der Waals surface area contributed by atoms with Crippen LogP contribution in [0.3, 0.4) is 0 Å². The first-order valence-corrected chi connectivity index (χ1v) is 10.3. The Morgan fingerprint density at radius 2 is 1.11 bits per heavy atom. The van der Waals surface area contributed by atoms with Crippen molar-refractivity contribution in [2.75, 3.05) is 6.61 Å². The van der Waals surface area contributed by atoms with Crippen LogP contribution in [0.15, 0.2) is 12.1 Å². The van der Waals surface area contributed by atoms with Crippen LogP contribution in [0.25, 0.3) is 0 Å². The van der Waals surface area contributed by atoms with Gasteiger partial charge in [0.05, 0.1) is 30.1 Å². The van der Waals surface area contributed by atoms with Gasteiger partial charge in [0.1, 0.15) is 28.2 Å². The minimum absolute atomic E-state index is 0.0000171. The lowest BCUT2D eigenvalue weighted by Gasteiger charge is -2.23. The molecule has 0 amide bonds. The van der Waals surface area contributed by atoms with Gasteiger partial charge in [-0.3, -0.25) is 0 Å². The summed E-state index contributed by atoms with van der Waals surface area (Å²) in [5.41, 5.74) is 0. The molecular weight excluding hydrogens is 540 g/mol. The third kappa shape index (κ3) is 5.92. The van der Waals surface area contributed by atoms with E-state index in [4.69, 9.17) is 107 Å². The van der Waals surface area contributed by atoms with Crippen LogP contribution in [0.2, 0.25) is 40.2 Å². The Balaban J connectivity index is 2.37. The van der Waals surface area contributed by atoms with Gasteiger partial charge in [-0.05, 0) is 6.92 Å². The van der Waals surface area contributed by atoms with Gasteiger partial charge in [-0.25, -0.2) is 0 Å². The van der Waals surface area contributed by atoms with Crippen molar-refractivity contribution < 1.29 is 19.3 Å². The first-order chi connectivity index (χ1) is 13.0. The fourth-order valence-corrected chi connectivity index (χ4v) is 3.52. The highest BCUT2D eigenvalue weighted by Gasteiger charge is 2.23. The zero-order valence-electron chi connectivity index (χ0n) is 13.7. The average Bonchev–Trinajstić information content (AvgIpc) is 2.64. The van der Waals surface area contributed by atoms with E-state index in [2.05, 4.69) is 0 Å². The Morgan fingerprint density at radius 1 is 0.714 bits per heavy atom. The average molecular weight is 550 g/mol. The molecule has 154 valence electrons. The van der Waals surface area contributed by atoms with E-state index in [1.807, 2.05) is 0 Å². The van der Waals surface area contributed by atoms with Crippen LogP contribution in [-0.4, -0.2) is 24.3 Å². The Hall–Kier alpha value is 0.280. The van der Waals surface area contributed by atoms with Crippen molar-refractivity contribution in [3.8, 4) is 11.5 Å². The molecule has 0 saturated heterocycles. The first-order valence-electron chi connectivity index (χ1n) is 7.31. The van der Waals surface area contributed by atoms with E-state index in [0.717, 1.165) is 0 Å². The highest BCUT2D eigenvalue weighted by Crippen LogP contribution is 2.44. The van der Waals surface area contributed by atoms with Crippen LogP contribution in [0.1, 0.15) is 6.92 Å². The maximum Gasteiger partial charge on any atom is 0.264 e. The molecule has 2 aromatic carbocycles. The first kappa shape index (κ1) is 24.5. The molecule has 1 unspecified atom stereocenters. The Bertz CT molecular complexity index is 809. The molecule has 2 aromatic rings. The van der Waals surface area contributed by atoms with Crippen LogP contribution in [-0.2, 0) is 4.74 Å². The van der Waals surface area contributed by atoms with E-state index in [1.165, 1.54) is 19.1 Å². The molecule has 0 aliphatic heterocycles. The van der Waals surface area contributed by atoms with Gasteiger partial charge in [0, 0.05) is 12.1 Å². The van der Waals surface area contributed by atoms with Gasteiger partial charge in [0.2, 0.25) is 0 Å². The number of ether oxygens (including phenoxy) is 3. The molecular formula is C16H10Cl8O4. The van der Waals surface area contributed by atoms with Gasteiger partial charge in [-0.2, -0.15) is 0 Å². The summed E-state index contributed by atoms with van der Waals surface area (Å²) in [5.74, 6) is 0.116. The van der Waals surface area contributed by atoms with Crippen molar-refractivity contribution >= 4 is 92.8 Å². The SMILES string of the molecule is CC(O)OCC(Oc1cc(Cl)c(Cl)c(Cl)c1Cl)Oc1cc(Cl)c(Cl)c(Cl)c1Cl. The minimum atomic E-state index is -1.16. The third-order valence-corrected chi connectivity index (χ3v) is 6.60. The van der Waals surface area contributed by atoms with Gasteiger partial charge in [0.15, 0.2) is 6.29 Å². The summed E-state index contributed by atoms with van der Waals surface area (Å²) in [6, 6.07) is 2.69. The van der Waals surface area contributed by atoms with Crippen LogP contribution in [0.5, 0.6) is 11.5 Å². The summed E-state index contributed by atoms with van der Waals surface area (Å²) >= 11 is 48.3. The van der Waals surface area contributed by atoms with E-state index in [0.29, 0.717) is 0 Å². The monoisotopic (exact) mass is 546 g/mol. The molecule has 1 N–H and O–H groups in total.